The standard InChI is InChI=1S/C22H43N5O2.HI/c1-5-19(6-2)20(26-13-15-29-16-14-26)17-25-22(23-4)24-11-10-21(28)27-12-8-7-9-18(27)3;/h18-20H,5-17H2,1-4H3,(H2,23,24,25);1H. The maximum Gasteiger partial charge on any atom is 0.224 e. The number of carbonyl (C=O) groups is 1. The fourth-order valence-electron chi connectivity index (χ4n) is 4.66. The fraction of sp³-hybridized carbons (Fsp3) is 0.909. The summed E-state index contributed by atoms with van der Waals surface area (Å²) in [6.07, 6.45) is 6.36. The number of amides is 1. The summed E-state index contributed by atoms with van der Waals surface area (Å²) in [5.41, 5.74) is 0. The summed E-state index contributed by atoms with van der Waals surface area (Å²) in [6, 6.07) is 0.853. The number of carbonyl (C=O) groups excluding carboxylic acids is 1. The molecule has 0 aromatic rings. The van der Waals surface area contributed by atoms with Crippen molar-refractivity contribution in [2.75, 3.05) is 53.0 Å². The van der Waals surface area contributed by atoms with Crippen molar-refractivity contribution in [3.63, 3.8) is 0 Å². The molecule has 7 nitrogen and oxygen atoms in total. The zero-order chi connectivity index (χ0) is 21.1. The molecule has 30 heavy (non-hydrogen) atoms. The van der Waals surface area contributed by atoms with E-state index in [1.54, 1.807) is 7.05 Å². The topological polar surface area (TPSA) is 69.2 Å². The number of guanidine groups is 1. The van der Waals surface area contributed by atoms with Crippen molar-refractivity contribution < 1.29 is 9.53 Å². The third-order valence-corrected chi connectivity index (χ3v) is 6.56. The van der Waals surface area contributed by atoms with E-state index in [9.17, 15) is 4.79 Å². The van der Waals surface area contributed by atoms with Gasteiger partial charge in [-0.05, 0) is 32.1 Å². The number of piperidine rings is 1. The minimum atomic E-state index is 0. The van der Waals surface area contributed by atoms with Gasteiger partial charge in [-0.25, -0.2) is 0 Å². The molecule has 0 aliphatic carbocycles. The van der Waals surface area contributed by atoms with Gasteiger partial charge in [0.25, 0.3) is 0 Å². The molecule has 2 rings (SSSR count). The Bertz CT molecular complexity index is 510. The van der Waals surface area contributed by atoms with Gasteiger partial charge in [0.15, 0.2) is 5.96 Å². The van der Waals surface area contributed by atoms with Crippen LogP contribution in [0.1, 0.15) is 59.3 Å². The number of halogens is 1. The molecule has 176 valence electrons. The van der Waals surface area contributed by atoms with Crippen LogP contribution in [0.25, 0.3) is 0 Å². The van der Waals surface area contributed by atoms with Gasteiger partial charge in [-0.2, -0.15) is 0 Å². The zero-order valence-electron chi connectivity index (χ0n) is 19.5. The minimum Gasteiger partial charge on any atom is -0.379 e. The molecule has 8 heteroatoms. The maximum atomic E-state index is 12.5. The summed E-state index contributed by atoms with van der Waals surface area (Å²) in [7, 11) is 1.80. The third-order valence-electron chi connectivity index (χ3n) is 6.56. The summed E-state index contributed by atoms with van der Waals surface area (Å²) >= 11 is 0. The lowest BCUT2D eigenvalue weighted by Crippen LogP contribution is -2.53. The number of ether oxygens (including phenoxy) is 1. The van der Waals surface area contributed by atoms with E-state index in [1.807, 2.05) is 4.90 Å². The average Bonchev–Trinajstić information content (AvgIpc) is 2.76. The van der Waals surface area contributed by atoms with Crippen molar-refractivity contribution in [3.8, 4) is 0 Å². The van der Waals surface area contributed by atoms with Gasteiger partial charge >= 0.3 is 0 Å². The number of morpholine rings is 1. The van der Waals surface area contributed by atoms with Crippen LogP contribution in [0.5, 0.6) is 0 Å². The Hall–Kier alpha value is -0.610. The molecule has 0 bridgehead atoms. The average molecular weight is 538 g/mol. The van der Waals surface area contributed by atoms with Gasteiger partial charge in [0.1, 0.15) is 0 Å². The molecular weight excluding hydrogens is 493 g/mol. The number of aliphatic imine (C=N–C) groups is 1. The van der Waals surface area contributed by atoms with Crippen LogP contribution in [0.4, 0.5) is 0 Å². The van der Waals surface area contributed by atoms with E-state index in [0.717, 1.165) is 58.2 Å². The highest BCUT2D eigenvalue weighted by molar-refractivity contribution is 14.0. The van der Waals surface area contributed by atoms with Crippen molar-refractivity contribution in [1.82, 2.24) is 20.4 Å². The van der Waals surface area contributed by atoms with Crippen LogP contribution in [-0.2, 0) is 9.53 Å². The van der Waals surface area contributed by atoms with Gasteiger partial charge in [0.05, 0.1) is 13.2 Å². The predicted molar refractivity (Wildman–Crippen MR) is 135 cm³/mol. The Balaban J connectivity index is 0.00000450. The van der Waals surface area contributed by atoms with Gasteiger partial charge in [0.2, 0.25) is 5.91 Å². The van der Waals surface area contributed by atoms with Crippen molar-refractivity contribution in [1.29, 1.82) is 0 Å². The summed E-state index contributed by atoms with van der Waals surface area (Å²) in [4.78, 5) is 21.5. The lowest BCUT2D eigenvalue weighted by molar-refractivity contribution is -0.134. The van der Waals surface area contributed by atoms with E-state index in [-0.39, 0.29) is 29.9 Å². The quantitative estimate of drug-likeness (QED) is 0.269. The van der Waals surface area contributed by atoms with Crippen molar-refractivity contribution in [2.45, 2.75) is 71.4 Å². The van der Waals surface area contributed by atoms with Gasteiger partial charge in [-0.3, -0.25) is 14.7 Å². The Labute approximate surface area is 200 Å². The first-order valence-electron chi connectivity index (χ1n) is 11.7. The lowest BCUT2D eigenvalue weighted by atomic mass is 9.92. The van der Waals surface area contributed by atoms with Gasteiger partial charge in [-0.15, -0.1) is 24.0 Å². The molecule has 0 aromatic carbocycles. The Morgan fingerprint density at radius 3 is 2.43 bits per heavy atom. The second-order valence-corrected chi connectivity index (χ2v) is 8.35. The van der Waals surface area contributed by atoms with Crippen LogP contribution in [0.2, 0.25) is 0 Å². The molecule has 2 aliphatic rings. The molecule has 0 aromatic heterocycles. The first kappa shape index (κ1) is 27.4. The second kappa shape index (κ2) is 15.2. The predicted octanol–water partition coefficient (Wildman–Crippen LogP) is 2.70. The van der Waals surface area contributed by atoms with Crippen LogP contribution in [0.3, 0.4) is 0 Å². The summed E-state index contributed by atoms with van der Waals surface area (Å²) in [6.45, 7) is 12.7. The Kier molecular flexibility index (Phi) is 13.9. The van der Waals surface area contributed by atoms with Crippen molar-refractivity contribution in [2.24, 2.45) is 10.9 Å². The number of hydrogen-bond acceptors (Lipinski definition) is 4. The van der Waals surface area contributed by atoms with Gasteiger partial charge in [-0.1, -0.05) is 26.7 Å². The van der Waals surface area contributed by atoms with E-state index >= 15 is 0 Å². The summed E-state index contributed by atoms with van der Waals surface area (Å²) in [5.74, 6) is 1.69. The number of nitrogens with zero attached hydrogens (tertiary/aromatic N) is 3. The largest absolute Gasteiger partial charge is 0.379 e. The molecule has 0 saturated carbocycles. The summed E-state index contributed by atoms with van der Waals surface area (Å²) < 4.78 is 5.54. The van der Waals surface area contributed by atoms with Crippen LogP contribution in [0.15, 0.2) is 4.99 Å². The minimum absolute atomic E-state index is 0. The van der Waals surface area contributed by atoms with Crippen LogP contribution < -0.4 is 10.6 Å². The maximum absolute atomic E-state index is 12.5. The molecule has 1 amide bonds. The summed E-state index contributed by atoms with van der Waals surface area (Å²) in [5, 5.41) is 6.85. The highest BCUT2D eigenvalue weighted by Crippen LogP contribution is 2.20. The second-order valence-electron chi connectivity index (χ2n) is 8.35. The molecular formula is C22H44IN5O2. The molecule has 2 saturated heterocycles. The van der Waals surface area contributed by atoms with Crippen molar-refractivity contribution in [3.05, 3.63) is 0 Å². The van der Waals surface area contributed by atoms with Crippen LogP contribution >= 0.6 is 24.0 Å². The first-order chi connectivity index (χ1) is 14.1. The zero-order valence-corrected chi connectivity index (χ0v) is 21.8. The Morgan fingerprint density at radius 2 is 1.83 bits per heavy atom. The van der Waals surface area contributed by atoms with E-state index in [4.69, 9.17) is 4.74 Å². The molecule has 2 fully saturated rings. The van der Waals surface area contributed by atoms with E-state index in [0.29, 0.717) is 31.0 Å². The lowest BCUT2D eigenvalue weighted by Gasteiger charge is -2.39. The number of hydrogen-bond donors (Lipinski definition) is 2. The highest BCUT2D eigenvalue weighted by atomic mass is 127. The number of likely N-dealkylation sites (tertiary alicyclic amines) is 1. The highest BCUT2D eigenvalue weighted by Gasteiger charge is 2.27. The SMILES string of the molecule is CCC(CC)C(CNC(=NC)NCCC(=O)N1CCCCC1C)N1CCOCC1.I. The normalized spacial score (nSPS) is 21.8. The van der Waals surface area contributed by atoms with Crippen LogP contribution in [-0.4, -0.2) is 86.7 Å². The van der Waals surface area contributed by atoms with Gasteiger partial charge in [0, 0.05) is 58.3 Å². The monoisotopic (exact) mass is 537 g/mol. The smallest absolute Gasteiger partial charge is 0.224 e. The van der Waals surface area contributed by atoms with Crippen molar-refractivity contribution >= 4 is 35.8 Å². The van der Waals surface area contributed by atoms with Crippen LogP contribution in [0, 0.1) is 5.92 Å². The molecule has 0 radical (unpaired) electrons. The molecule has 2 unspecified atom stereocenters. The van der Waals surface area contributed by atoms with E-state index in [2.05, 4.69) is 41.3 Å². The van der Waals surface area contributed by atoms with E-state index in [1.165, 1.54) is 19.3 Å². The van der Waals surface area contributed by atoms with Gasteiger partial charge < -0.3 is 20.3 Å². The molecule has 2 aliphatic heterocycles. The molecule has 2 atom stereocenters. The number of nitrogens with one attached hydrogen (secondary N) is 2. The molecule has 0 spiro atoms. The number of rotatable bonds is 9. The molecule has 2 heterocycles. The first-order valence-corrected chi connectivity index (χ1v) is 11.7. The molecule has 2 N–H and O–H groups in total. The fourth-order valence-corrected chi connectivity index (χ4v) is 4.66. The third kappa shape index (κ3) is 8.49. The Morgan fingerprint density at radius 1 is 1.13 bits per heavy atom. The van der Waals surface area contributed by atoms with E-state index < -0.39 is 0 Å².